The maximum absolute atomic E-state index is 12.8. The van der Waals surface area contributed by atoms with Crippen molar-refractivity contribution in [3.8, 4) is 6.07 Å². The number of amides is 4. The lowest BCUT2D eigenvalue weighted by Gasteiger charge is -2.24. The molecule has 0 saturated carbocycles. The van der Waals surface area contributed by atoms with Gasteiger partial charge in [-0.15, -0.1) is 0 Å². The molecule has 0 aromatic heterocycles. The van der Waals surface area contributed by atoms with E-state index in [9.17, 15) is 14.4 Å². The maximum atomic E-state index is 12.8. The highest BCUT2D eigenvalue weighted by Gasteiger charge is 2.49. The second-order valence-corrected chi connectivity index (χ2v) is 6.27. The summed E-state index contributed by atoms with van der Waals surface area (Å²) >= 11 is 5.97. The fourth-order valence-electron chi connectivity index (χ4n) is 2.72. The first kappa shape index (κ1) is 18.7. The summed E-state index contributed by atoms with van der Waals surface area (Å²) in [5, 5.41) is 11.7. The van der Waals surface area contributed by atoms with E-state index in [2.05, 4.69) is 5.32 Å². The molecule has 1 aliphatic rings. The van der Waals surface area contributed by atoms with Crippen LogP contribution in [0.2, 0.25) is 5.02 Å². The zero-order valence-electron chi connectivity index (χ0n) is 14.1. The molecule has 1 N–H and O–H groups in total. The van der Waals surface area contributed by atoms with Gasteiger partial charge < -0.3 is 10.2 Å². The van der Waals surface area contributed by atoms with Crippen LogP contribution in [0.3, 0.4) is 0 Å². The van der Waals surface area contributed by atoms with Crippen molar-refractivity contribution in [2.24, 2.45) is 0 Å². The molecular formula is C17H19ClN4O3. The fourth-order valence-corrected chi connectivity index (χ4v) is 2.91. The van der Waals surface area contributed by atoms with Gasteiger partial charge in [-0.2, -0.15) is 5.26 Å². The predicted octanol–water partition coefficient (Wildman–Crippen LogP) is 1.87. The van der Waals surface area contributed by atoms with Crippen molar-refractivity contribution in [3.63, 3.8) is 0 Å². The highest BCUT2D eigenvalue weighted by molar-refractivity contribution is 6.30. The van der Waals surface area contributed by atoms with Gasteiger partial charge in [0.15, 0.2) is 0 Å². The second-order valence-electron chi connectivity index (χ2n) is 5.84. The Morgan fingerprint density at radius 3 is 2.76 bits per heavy atom. The Bertz CT molecular complexity index is 746. The van der Waals surface area contributed by atoms with Crippen molar-refractivity contribution >= 4 is 29.4 Å². The summed E-state index contributed by atoms with van der Waals surface area (Å²) in [5.74, 6) is -0.888. The number of imide groups is 1. The number of carbonyl (C=O) groups is 3. The van der Waals surface area contributed by atoms with Gasteiger partial charge in [0.25, 0.3) is 5.91 Å². The van der Waals surface area contributed by atoms with Crippen LogP contribution < -0.4 is 5.32 Å². The highest BCUT2D eigenvalue weighted by atomic mass is 35.5. The van der Waals surface area contributed by atoms with Crippen LogP contribution in [0.1, 0.15) is 25.8 Å². The highest BCUT2D eigenvalue weighted by Crippen LogP contribution is 2.30. The molecule has 1 unspecified atom stereocenters. The van der Waals surface area contributed by atoms with E-state index < -0.39 is 17.5 Å². The van der Waals surface area contributed by atoms with Crippen molar-refractivity contribution in [2.45, 2.75) is 25.8 Å². The summed E-state index contributed by atoms with van der Waals surface area (Å²) in [7, 11) is 0. The second kappa shape index (κ2) is 7.53. The third-order valence-electron chi connectivity index (χ3n) is 4.20. The van der Waals surface area contributed by atoms with Gasteiger partial charge in [0.2, 0.25) is 5.91 Å². The number of nitriles is 1. The minimum absolute atomic E-state index is 0.194. The number of likely N-dealkylation sites (N-methyl/N-ethyl adjacent to an activating group) is 1. The molecular weight excluding hydrogens is 344 g/mol. The van der Waals surface area contributed by atoms with Gasteiger partial charge in [0.05, 0.1) is 12.5 Å². The van der Waals surface area contributed by atoms with Crippen molar-refractivity contribution in [2.75, 3.05) is 19.6 Å². The number of urea groups is 1. The lowest BCUT2D eigenvalue weighted by atomic mass is 9.92. The number of halogens is 1. The SMILES string of the molecule is CCN(CCC#N)C(=O)CN1C(=O)NC(C)(c2cccc(Cl)c2)C1=O. The molecule has 1 aromatic rings. The van der Waals surface area contributed by atoms with E-state index in [1.54, 1.807) is 38.1 Å². The van der Waals surface area contributed by atoms with Crippen LogP contribution in [0.25, 0.3) is 0 Å². The molecule has 1 fully saturated rings. The molecule has 4 amide bonds. The summed E-state index contributed by atoms with van der Waals surface area (Å²) in [6.45, 7) is 3.66. The van der Waals surface area contributed by atoms with Crippen LogP contribution in [-0.4, -0.2) is 47.3 Å². The van der Waals surface area contributed by atoms with Crippen LogP contribution in [0.4, 0.5) is 4.79 Å². The van der Waals surface area contributed by atoms with E-state index in [4.69, 9.17) is 16.9 Å². The number of carbonyl (C=O) groups excluding carboxylic acids is 3. The van der Waals surface area contributed by atoms with E-state index in [1.165, 1.54) is 4.90 Å². The Hall–Kier alpha value is -2.59. The number of benzene rings is 1. The molecule has 1 saturated heterocycles. The first-order valence-electron chi connectivity index (χ1n) is 7.88. The third-order valence-corrected chi connectivity index (χ3v) is 4.43. The van der Waals surface area contributed by atoms with Crippen LogP contribution in [-0.2, 0) is 15.1 Å². The summed E-state index contributed by atoms with van der Waals surface area (Å²) in [6, 6.07) is 8.01. The molecule has 132 valence electrons. The van der Waals surface area contributed by atoms with Crippen LogP contribution in [0.5, 0.6) is 0 Å². The van der Waals surface area contributed by atoms with Crippen LogP contribution >= 0.6 is 11.6 Å². The van der Waals surface area contributed by atoms with Gasteiger partial charge in [0.1, 0.15) is 12.1 Å². The molecule has 0 aliphatic carbocycles. The lowest BCUT2D eigenvalue weighted by molar-refractivity contribution is -0.138. The van der Waals surface area contributed by atoms with Crippen LogP contribution in [0.15, 0.2) is 24.3 Å². The standard InChI is InChI=1S/C17H19ClN4O3/c1-3-21(9-5-8-19)14(23)11-22-15(24)17(2,20-16(22)25)12-6-4-7-13(18)10-12/h4,6-7,10H,3,5,9,11H2,1-2H3,(H,20,25). The summed E-state index contributed by atoms with van der Waals surface area (Å²) in [5.41, 5.74) is -0.725. The van der Waals surface area contributed by atoms with Gasteiger partial charge in [-0.05, 0) is 31.5 Å². The number of hydrogen-bond donors (Lipinski definition) is 1. The van der Waals surface area contributed by atoms with E-state index in [0.717, 1.165) is 4.90 Å². The molecule has 8 heteroatoms. The Morgan fingerprint density at radius 2 is 2.16 bits per heavy atom. The Balaban J connectivity index is 2.18. The normalized spacial score (nSPS) is 19.5. The van der Waals surface area contributed by atoms with Crippen molar-refractivity contribution in [1.82, 2.24) is 15.1 Å². The molecule has 25 heavy (non-hydrogen) atoms. The molecule has 1 heterocycles. The van der Waals surface area contributed by atoms with Gasteiger partial charge in [0, 0.05) is 18.1 Å². The summed E-state index contributed by atoms with van der Waals surface area (Å²) < 4.78 is 0. The van der Waals surface area contributed by atoms with E-state index >= 15 is 0 Å². The smallest absolute Gasteiger partial charge is 0.325 e. The van der Waals surface area contributed by atoms with Gasteiger partial charge in [-0.25, -0.2) is 4.79 Å². The Morgan fingerprint density at radius 1 is 1.44 bits per heavy atom. The monoisotopic (exact) mass is 362 g/mol. The van der Waals surface area contributed by atoms with Crippen molar-refractivity contribution < 1.29 is 14.4 Å². The minimum Gasteiger partial charge on any atom is -0.340 e. The number of hydrogen-bond acceptors (Lipinski definition) is 4. The maximum Gasteiger partial charge on any atom is 0.325 e. The molecule has 0 spiro atoms. The number of rotatable bonds is 6. The zero-order chi connectivity index (χ0) is 18.6. The third kappa shape index (κ3) is 3.74. The molecule has 2 rings (SSSR count). The molecule has 0 radical (unpaired) electrons. The molecule has 1 aliphatic heterocycles. The first-order chi connectivity index (χ1) is 11.8. The largest absolute Gasteiger partial charge is 0.340 e. The van der Waals surface area contributed by atoms with E-state index in [1.807, 2.05) is 6.07 Å². The van der Waals surface area contributed by atoms with Gasteiger partial charge in [-0.1, -0.05) is 23.7 Å². The fraction of sp³-hybridized carbons (Fsp3) is 0.412. The topological polar surface area (TPSA) is 93.5 Å². The first-order valence-corrected chi connectivity index (χ1v) is 8.26. The minimum atomic E-state index is -1.27. The molecule has 1 aromatic carbocycles. The molecule has 7 nitrogen and oxygen atoms in total. The average Bonchev–Trinajstić information content (AvgIpc) is 2.80. The van der Waals surface area contributed by atoms with Gasteiger partial charge >= 0.3 is 6.03 Å². The van der Waals surface area contributed by atoms with E-state index in [0.29, 0.717) is 17.1 Å². The predicted molar refractivity (Wildman–Crippen MR) is 91.5 cm³/mol. The van der Waals surface area contributed by atoms with Crippen LogP contribution in [0, 0.1) is 11.3 Å². The lowest BCUT2D eigenvalue weighted by Crippen LogP contribution is -2.44. The molecule has 1 atom stereocenters. The van der Waals surface area contributed by atoms with Gasteiger partial charge in [-0.3, -0.25) is 14.5 Å². The Labute approximate surface area is 151 Å². The van der Waals surface area contributed by atoms with Crippen molar-refractivity contribution in [3.05, 3.63) is 34.9 Å². The zero-order valence-corrected chi connectivity index (χ0v) is 14.8. The average molecular weight is 363 g/mol. The van der Waals surface area contributed by atoms with Crippen molar-refractivity contribution in [1.29, 1.82) is 5.26 Å². The Kier molecular flexibility index (Phi) is 5.65. The number of nitrogens with one attached hydrogen (secondary N) is 1. The summed E-state index contributed by atoms with van der Waals surface area (Å²) in [4.78, 5) is 39.7. The summed E-state index contributed by atoms with van der Waals surface area (Å²) in [6.07, 6.45) is 0.194. The number of nitrogens with zero attached hydrogens (tertiary/aromatic N) is 3. The molecule has 0 bridgehead atoms. The quantitative estimate of drug-likeness (QED) is 0.782. The van der Waals surface area contributed by atoms with E-state index in [-0.39, 0.29) is 25.4 Å².